The summed E-state index contributed by atoms with van der Waals surface area (Å²) < 4.78 is 42.2. The van der Waals surface area contributed by atoms with Crippen LogP contribution >= 0.6 is 0 Å². The predicted molar refractivity (Wildman–Crippen MR) is 94.3 cm³/mol. The van der Waals surface area contributed by atoms with Gasteiger partial charge in [0.15, 0.2) is 17.5 Å². The molecule has 1 N–H and O–H groups in total. The maximum absolute atomic E-state index is 14.4. The van der Waals surface area contributed by atoms with Crippen LogP contribution in [0.3, 0.4) is 0 Å². The van der Waals surface area contributed by atoms with Crippen LogP contribution in [-0.4, -0.2) is 20.7 Å². The van der Waals surface area contributed by atoms with Crippen LogP contribution < -0.4 is 5.32 Å². The summed E-state index contributed by atoms with van der Waals surface area (Å²) in [5.74, 6) is -2.54. The molecule has 3 aromatic rings. The molecule has 1 amide bonds. The number of benzene rings is 1. The van der Waals surface area contributed by atoms with Gasteiger partial charge in [0.2, 0.25) is 5.91 Å². The first-order valence-electron chi connectivity index (χ1n) is 8.89. The summed E-state index contributed by atoms with van der Waals surface area (Å²) in [4.78, 5) is 17.2. The Kier molecular flexibility index (Phi) is 3.44. The maximum Gasteiger partial charge on any atom is 0.238 e. The van der Waals surface area contributed by atoms with Gasteiger partial charge in [-0.25, -0.2) is 17.9 Å². The SMILES string of the molecule is O=C(Nc1ccn(-c2ccc(F)c(F)c2)n1)C1(c2ncccc2F)CC12CC2. The van der Waals surface area contributed by atoms with Gasteiger partial charge < -0.3 is 5.32 Å². The summed E-state index contributed by atoms with van der Waals surface area (Å²) in [5, 5.41) is 6.94. The van der Waals surface area contributed by atoms with E-state index in [0.717, 1.165) is 25.0 Å². The minimum atomic E-state index is -0.989. The Labute approximate surface area is 158 Å². The molecular formula is C20H15F3N4O. The second-order valence-electron chi connectivity index (χ2n) is 7.39. The van der Waals surface area contributed by atoms with E-state index in [9.17, 15) is 18.0 Å². The van der Waals surface area contributed by atoms with Gasteiger partial charge in [-0.05, 0) is 48.9 Å². The fraction of sp³-hybridized carbons (Fsp3) is 0.250. The Bertz CT molecular complexity index is 1110. The van der Waals surface area contributed by atoms with E-state index in [1.54, 1.807) is 6.07 Å². The lowest BCUT2D eigenvalue weighted by Gasteiger charge is -2.16. The van der Waals surface area contributed by atoms with E-state index in [-0.39, 0.29) is 22.8 Å². The van der Waals surface area contributed by atoms with Gasteiger partial charge in [-0.1, -0.05) is 0 Å². The number of pyridine rings is 1. The number of carbonyl (C=O) groups is 1. The second kappa shape index (κ2) is 5.67. The van der Waals surface area contributed by atoms with E-state index in [1.165, 1.54) is 35.3 Å². The molecule has 2 aliphatic rings. The number of carbonyl (C=O) groups excluding carboxylic acids is 1. The summed E-state index contributed by atoms with van der Waals surface area (Å²) >= 11 is 0. The van der Waals surface area contributed by atoms with E-state index in [2.05, 4.69) is 15.4 Å². The normalized spacial score (nSPS) is 21.5. The molecule has 5 nitrogen and oxygen atoms in total. The molecule has 0 radical (unpaired) electrons. The van der Waals surface area contributed by atoms with E-state index >= 15 is 0 Å². The number of nitrogens with one attached hydrogen (secondary N) is 1. The molecule has 1 aromatic carbocycles. The minimum Gasteiger partial charge on any atom is -0.308 e. The first-order valence-corrected chi connectivity index (χ1v) is 8.89. The largest absolute Gasteiger partial charge is 0.308 e. The van der Waals surface area contributed by atoms with Gasteiger partial charge in [-0.3, -0.25) is 9.78 Å². The molecule has 2 aromatic heterocycles. The van der Waals surface area contributed by atoms with Gasteiger partial charge in [-0.15, -0.1) is 0 Å². The second-order valence-corrected chi connectivity index (χ2v) is 7.39. The van der Waals surface area contributed by atoms with Gasteiger partial charge in [0.1, 0.15) is 11.2 Å². The van der Waals surface area contributed by atoms with E-state index < -0.39 is 22.9 Å². The zero-order chi connectivity index (χ0) is 19.5. The molecule has 1 unspecified atom stereocenters. The highest BCUT2D eigenvalue weighted by Crippen LogP contribution is 2.78. The molecule has 0 saturated heterocycles. The van der Waals surface area contributed by atoms with Crippen molar-refractivity contribution in [1.82, 2.24) is 14.8 Å². The topological polar surface area (TPSA) is 59.8 Å². The van der Waals surface area contributed by atoms with E-state index in [4.69, 9.17) is 0 Å². The summed E-state index contributed by atoms with van der Waals surface area (Å²) in [6.07, 6.45) is 5.29. The summed E-state index contributed by atoms with van der Waals surface area (Å²) in [7, 11) is 0. The lowest BCUT2D eigenvalue weighted by Crippen LogP contribution is -2.32. The Morgan fingerprint density at radius 2 is 1.89 bits per heavy atom. The van der Waals surface area contributed by atoms with Crippen LogP contribution in [0.5, 0.6) is 0 Å². The Morgan fingerprint density at radius 3 is 2.57 bits per heavy atom. The summed E-state index contributed by atoms with van der Waals surface area (Å²) in [5.41, 5.74) is -0.709. The quantitative estimate of drug-likeness (QED) is 0.745. The van der Waals surface area contributed by atoms with Crippen molar-refractivity contribution < 1.29 is 18.0 Å². The van der Waals surface area contributed by atoms with Crippen molar-refractivity contribution >= 4 is 11.7 Å². The van der Waals surface area contributed by atoms with Crippen molar-refractivity contribution in [3.63, 3.8) is 0 Å². The van der Waals surface area contributed by atoms with E-state index in [0.29, 0.717) is 12.1 Å². The summed E-state index contributed by atoms with van der Waals surface area (Å²) in [6.45, 7) is 0. The van der Waals surface area contributed by atoms with Crippen LogP contribution in [0.25, 0.3) is 5.69 Å². The molecule has 2 heterocycles. The third-order valence-electron chi connectivity index (χ3n) is 5.79. The number of hydrogen-bond donors (Lipinski definition) is 1. The average Bonchev–Trinajstić information content (AvgIpc) is 3.55. The molecule has 5 rings (SSSR count). The van der Waals surface area contributed by atoms with Crippen LogP contribution in [0, 0.1) is 22.9 Å². The van der Waals surface area contributed by atoms with Gasteiger partial charge in [0.25, 0.3) is 0 Å². The van der Waals surface area contributed by atoms with Crippen LogP contribution in [0.4, 0.5) is 19.0 Å². The standard InChI is InChI=1S/C20H15F3N4O/c21-13-4-3-12(10-15(13)23)27-9-5-16(26-27)25-18(28)20(11-19(20)6-7-19)17-14(22)2-1-8-24-17/h1-5,8-10H,6-7,11H2,(H,25,26,28). The lowest BCUT2D eigenvalue weighted by molar-refractivity contribution is -0.119. The van der Waals surface area contributed by atoms with Crippen molar-refractivity contribution in [1.29, 1.82) is 0 Å². The van der Waals surface area contributed by atoms with Crippen molar-refractivity contribution in [2.45, 2.75) is 24.7 Å². The molecule has 1 spiro atoms. The first-order chi connectivity index (χ1) is 13.4. The van der Waals surface area contributed by atoms with Crippen molar-refractivity contribution in [2.75, 3.05) is 5.32 Å². The van der Waals surface area contributed by atoms with Crippen LogP contribution in [0.1, 0.15) is 25.0 Å². The van der Waals surface area contributed by atoms with Crippen LogP contribution in [-0.2, 0) is 10.2 Å². The average molecular weight is 384 g/mol. The molecule has 28 heavy (non-hydrogen) atoms. The number of aromatic nitrogens is 3. The fourth-order valence-corrected chi connectivity index (χ4v) is 4.07. The third-order valence-corrected chi connectivity index (χ3v) is 5.79. The molecule has 0 bridgehead atoms. The lowest BCUT2D eigenvalue weighted by atomic mass is 9.95. The number of anilines is 1. The van der Waals surface area contributed by atoms with Crippen LogP contribution in [0.2, 0.25) is 0 Å². The fourth-order valence-electron chi connectivity index (χ4n) is 4.07. The summed E-state index contributed by atoms with van der Waals surface area (Å²) in [6, 6.07) is 7.74. The number of nitrogens with zero attached hydrogens (tertiary/aromatic N) is 3. The number of amides is 1. The Hall–Kier alpha value is -3.16. The molecule has 1 atom stereocenters. The van der Waals surface area contributed by atoms with Gasteiger partial charge in [0.05, 0.1) is 11.4 Å². The maximum atomic E-state index is 14.4. The molecule has 8 heteroatoms. The van der Waals surface area contributed by atoms with Crippen LogP contribution in [0.15, 0.2) is 48.8 Å². The molecule has 2 saturated carbocycles. The number of rotatable bonds is 4. The first kappa shape index (κ1) is 17.0. The highest BCUT2D eigenvalue weighted by atomic mass is 19.2. The highest BCUT2D eigenvalue weighted by molar-refractivity contribution is 6.02. The highest BCUT2D eigenvalue weighted by Gasteiger charge is 2.79. The predicted octanol–water partition coefficient (Wildman–Crippen LogP) is 3.75. The smallest absolute Gasteiger partial charge is 0.238 e. The van der Waals surface area contributed by atoms with Gasteiger partial charge in [0, 0.05) is 24.5 Å². The van der Waals surface area contributed by atoms with Gasteiger partial charge in [-0.2, -0.15) is 5.10 Å². The Morgan fingerprint density at radius 1 is 1.07 bits per heavy atom. The Balaban J connectivity index is 1.42. The number of halogens is 3. The monoisotopic (exact) mass is 384 g/mol. The molecule has 0 aliphatic heterocycles. The molecule has 2 fully saturated rings. The van der Waals surface area contributed by atoms with Crippen molar-refractivity contribution in [2.24, 2.45) is 5.41 Å². The molecular weight excluding hydrogens is 369 g/mol. The van der Waals surface area contributed by atoms with Crippen molar-refractivity contribution in [3.8, 4) is 5.69 Å². The molecule has 2 aliphatic carbocycles. The third kappa shape index (κ3) is 2.37. The van der Waals surface area contributed by atoms with Gasteiger partial charge >= 0.3 is 0 Å². The zero-order valence-corrected chi connectivity index (χ0v) is 14.6. The van der Waals surface area contributed by atoms with E-state index in [1.807, 2.05) is 0 Å². The zero-order valence-electron chi connectivity index (χ0n) is 14.6. The molecule has 142 valence electrons. The number of hydrogen-bond acceptors (Lipinski definition) is 3. The van der Waals surface area contributed by atoms with Crippen molar-refractivity contribution in [3.05, 3.63) is 71.9 Å². The minimum absolute atomic E-state index is 0.171.